The maximum atomic E-state index is 13.8. The summed E-state index contributed by atoms with van der Waals surface area (Å²) in [6.45, 7) is 0.638. The SMILES string of the molecule is O=C(NC1CCCCCC1)C1CCN(S(=O)(=O)Cc2ccccc2F)CC1. The van der Waals surface area contributed by atoms with Crippen molar-refractivity contribution in [2.24, 2.45) is 5.92 Å². The van der Waals surface area contributed by atoms with Gasteiger partial charge in [-0.15, -0.1) is 0 Å². The molecule has 1 aromatic carbocycles. The van der Waals surface area contributed by atoms with Crippen molar-refractivity contribution in [1.29, 1.82) is 0 Å². The molecule has 27 heavy (non-hydrogen) atoms. The quantitative estimate of drug-likeness (QED) is 0.777. The molecular formula is C20H29FN2O3S. The van der Waals surface area contributed by atoms with Gasteiger partial charge >= 0.3 is 0 Å². The largest absolute Gasteiger partial charge is 0.353 e. The molecule has 1 aromatic rings. The van der Waals surface area contributed by atoms with E-state index in [1.807, 2.05) is 0 Å². The van der Waals surface area contributed by atoms with Gasteiger partial charge in [-0.1, -0.05) is 43.9 Å². The molecule has 3 rings (SSSR count). The highest BCUT2D eigenvalue weighted by molar-refractivity contribution is 7.88. The number of hydrogen-bond acceptors (Lipinski definition) is 3. The van der Waals surface area contributed by atoms with Crippen LogP contribution in [0.1, 0.15) is 56.9 Å². The van der Waals surface area contributed by atoms with E-state index >= 15 is 0 Å². The summed E-state index contributed by atoms with van der Waals surface area (Å²) in [6, 6.07) is 6.22. The van der Waals surface area contributed by atoms with Gasteiger partial charge in [-0.25, -0.2) is 17.1 Å². The predicted molar refractivity (Wildman–Crippen MR) is 103 cm³/mol. The first kappa shape index (κ1) is 20.3. The normalized spacial score (nSPS) is 20.9. The van der Waals surface area contributed by atoms with Crippen LogP contribution in [0.4, 0.5) is 4.39 Å². The van der Waals surface area contributed by atoms with Gasteiger partial charge in [0.2, 0.25) is 15.9 Å². The van der Waals surface area contributed by atoms with Crippen LogP contribution in [-0.4, -0.2) is 37.8 Å². The summed E-state index contributed by atoms with van der Waals surface area (Å²) in [4.78, 5) is 12.5. The number of hydrogen-bond donors (Lipinski definition) is 1. The molecule has 1 heterocycles. The third-order valence-electron chi connectivity index (χ3n) is 5.72. The van der Waals surface area contributed by atoms with Gasteiger partial charge in [0.1, 0.15) is 5.82 Å². The number of sulfonamides is 1. The van der Waals surface area contributed by atoms with Crippen LogP contribution in [-0.2, 0) is 20.6 Å². The highest BCUT2D eigenvalue weighted by Gasteiger charge is 2.32. The van der Waals surface area contributed by atoms with E-state index in [1.165, 1.54) is 29.3 Å². The molecule has 0 aromatic heterocycles. The molecule has 0 unspecified atom stereocenters. The molecule has 0 radical (unpaired) electrons. The van der Waals surface area contributed by atoms with Gasteiger partial charge < -0.3 is 5.32 Å². The molecule has 2 aliphatic rings. The summed E-state index contributed by atoms with van der Waals surface area (Å²) >= 11 is 0. The lowest BCUT2D eigenvalue weighted by atomic mass is 9.96. The zero-order valence-electron chi connectivity index (χ0n) is 15.7. The summed E-state index contributed by atoms with van der Waals surface area (Å²) in [5.41, 5.74) is 0.186. The molecule has 150 valence electrons. The van der Waals surface area contributed by atoms with Crippen molar-refractivity contribution in [3.8, 4) is 0 Å². The second-order valence-corrected chi connectivity index (χ2v) is 9.69. The van der Waals surface area contributed by atoms with Crippen molar-refractivity contribution in [2.45, 2.75) is 63.2 Å². The Morgan fingerprint density at radius 1 is 1.04 bits per heavy atom. The number of carbonyl (C=O) groups is 1. The minimum Gasteiger partial charge on any atom is -0.353 e. The van der Waals surface area contributed by atoms with Crippen molar-refractivity contribution in [2.75, 3.05) is 13.1 Å². The van der Waals surface area contributed by atoms with Gasteiger partial charge in [-0.05, 0) is 31.7 Å². The van der Waals surface area contributed by atoms with Gasteiger partial charge in [-0.2, -0.15) is 0 Å². The van der Waals surface area contributed by atoms with Crippen molar-refractivity contribution in [3.63, 3.8) is 0 Å². The standard InChI is InChI=1S/C20H29FN2O3S/c21-19-10-6-5-7-17(19)15-27(25,26)23-13-11-16(12-14-23)20(24)22-18-8-3-1-2-4-9-18/h5-7,10,16,18H,1-4,8-9,11-15H2,(H,22,24). The van der Waals surface area contributed by atoms with Gasteiger partial charge in [0.25, 0.3) is 0 Å². The lowest BCUT2D eigenvalue weighted by molar-refractivity contribution is -0.126. The van der Waals surface area contributed by atoms with Crippen LogP contribution in [0.15, 0.2) is 24.3 Å². The highest BCUT2D eigenvalue weighted by atomic mass is 32.2. The Bertz CT molecular complexity index is 737. The Balaban J connectivity index is 1.51. The van der Waals surface area contributed by atoms with Crippen molar-refractivity contribution < 1.29 is 17.6 Å². The van der Waals surface area contributed by atoms with Crippen LogP contribution < -0.4 is 5.32 Å². The average Bonchev–Trinajstić information content (AvgIpc) is 2.92. The summed E-state index contributed by atoms with van der Waals surface area (Å²) in [7, 11) is -3.58. The van der Waals surface area contributed by atoms with E-state index in [4.69, 9.17) is 0 Å². The van der Waals surface area contributed by atoms with E-state index in [2.05, 4.69) is 5.32 Å². The smallest absolute Gasteiger partial charge is 0.223 e. The first-order valence-corrected chi connectivity index (χ1v) is 11.6. The average molecular weight is 397 g/mol. The number of nitrogens with one attached hydrogen (secondary N) is 1. The molecule has 2 fully saturated rings. The fraction of sp³-hybridized carbons (Fsp3) is 0.650. The maximum absolute atomic E-state index is 13.8. The second-order valence-electron chi connectivity index (χ2n) is 7.72. The third kappa shape index (κ3) is 5.51. The minimum atomic E-state index is -3.58. The molecule has 1 N–H and O–H groups in total. The molecular weight excluding hydrogens is 367 g/mol. The van der Waals surface area contributed by atoms with E-state index in [9.17, 15) is 17.6 Å². The molecule has 1 amide bonds. The van der Waals surface area contributed by atoms with E-state index in [-0.39, 0.29) is 29.2 Å². The number of rotatable bonds is 5. The van der Waals surface area contributed by atoms with Crippen LogP contribution >= 0.6 is 0 Å². The Morgan fingerprint density at radius 2 is 1.67 bits per heavy atom. The molecule has 1 aliphatic heterocycles. The van der Waals surface area contributed by atoms with Gasteiger partial charge in [0.05, 0.1) is 5.75 Å². The van der Waals surface area contributed by atoms with Gasteiger partial charge in [0.15, 0.2) is 0 Å². The topological polar surface area (TPSA) is 66.5 Å². The summed E-state index contributed by atoms with van der Waals surface area (Å²) in [5.74, 6) is -0.904. The van der Waals surface area contributed by atoms with E-state index < -0.39 is 15.8 Å². The van der Waals surface area contributed by atoms with Crippen LogP contribution in [0.3, 0.4) is 0 Å². The first-order valence-electron chi connectivity index (χ1n) is 9.97. The monoisotopic (exact) mass is 396 g/mol. The predicted octanol–water partition coefficient (Wildman–Crippen LogP) is 3.21. The number of carbonyl (C=O) groups excluding carboxylic acids is 1. The van der Waals surface area contributed by atoms with Crippen LogP contribution in [0.25, 0.3) is 0 Å². The zero-order chi connectivity index (χ0) is 19.3. The number of nitrogens with zero attached hydrogens (tertiary/aromatic N) is 1. The molecule has 5 nitrogen and oxygen atoms in total. The molecule has 1 saturated heterocycles. The molecule has 1 aliphatic carbocycles. The Labute approximate surface area is 161 Å². The Hall–Kier alpha value is -1.47. The highest BCUT2D eigenvalue weighted by Crippen LogP contribution is 2.24. The van der Waals surface area contributed by atoms with E-state index in [0.29, 0.717) is 25.9 Å². The molecule has 0 atom stereocenters. The first-order chi connectivity index (χ1) is 13.0. The van der Waals surface area contributed by atoms with E-state index in [0.717, 1.165) is 25.7 Å². The van der Waals surface area contributed by atoms with Crippen LogP contribution in [0, 0.1) is 11.7 Å². The van der Waals surface area contributed by atoms with Crippen molar-refractivity contribution >= 4 is 15.9 Å². The maximum Gasteiger partial charge on any atom is 0.223 e. The van der Waals surface area contributed by atoms with Gasteiger partial charge in [0, 0.05) is 30.6 Å². The fourth-order valence-corrected chi connectivity index (χ4v) is 5.62. The number of piperidine rings is 1. The van der Waals surface area contributed by atoms with Crippen LogP contribution in [0.5, 0.6) is 0 Å². The van der Waals surface area contributed by atoms with E-state index in [1.54, 1.807) is 12.1 Å². The lowest BCUT2D eigenvalue weighted by Crippen LogP contribution is -2.45. The lowest BCUT2D eigenvalue weighted by Gasteiger charge is -2.31. The number of benzene rings is 1. The zero-order valence-corrected chi connectivity index (χ0v) is 16.5. The molecule has 0 bridgehead atoms. The number of halogens is 1. The summed E-state index contributed by atoms with van der Waals surface area (Å²) in [5, 5.41) is 3.17. The van der Waals surface area contributed by atoms with Crippen molar-refractivity contribution in [1.82, 2.24) is 9.62 Å². The summed E-state index contributed by atoms with van der Waals surface area (Å²) in [6.07, 6.45) is 7.94. The molecule has 1 saturated carbocycles. The van der Waals surface area contributed by atoms with Crippen molar-refractivity contribution in [3.05, 3.63) is 35.6 Å². The number of amides is 1. The second kappa shape index (κ2) is 9.15. The fourth-order valence-electron chi connectivity index (χ4n) is 4.04. The minimum absolute atomic E-state index is 0.0630. The Morgan fingerprint density at radius 3 is 2.30 bits per heavy atom. The Kier molecular flexibility index (Phi) is 6.87. The third-order valence-corrected chi connectivity index (χ3v) is 7.54. The van der Waals surface area contributed by atoms with Crippen LogP contribution in [0.2, 0.25) is 0 Å². The van der Waals surface area contributed by atoms with Gasteiger partial charge in [-0.3, -0.25) is 4.79 Å². The summed E-state index contributed by atoms with van der Waals surface area (Å²) < 4.78 is 40.4. The molecule has 7 heteroatoms. The molecule has 0 spiro atoms.